The predicted molar refractivity (Wildman–Crippen MR) is 99.5 cm³/mol. The molecule has 6 heteroatoms. The molecule has 0 aliphatic carbocycles. The molecular weight excluding hydrogens is 345 g/mol. The van der Waals surface area contributed by atoms with Crippen molar-refractivity contribution in [3.8, 4) is 0 Å². The Morgan fingerprint density at radius 2 is 1.93 bits per heavy atom. The number of methoxy groups -OCH3 is 1. The summed E-state index contributed by atoms with van der Waals surface area (Å²) in [5.41, 5.74) is 0.847. The third-order valence-corrected chi connectivity index (χ3v) is 5.93. The van der Waals surface area contributed by atoms with E-state index >= 15 is 0 Å². The monoisotopic (exact) mass is 371 g/mol. The number of benzene rings is 1. The van der Waals surface area contributed by atoms with E-state index in [1.54, 1.807) is 13.2 Å². The lowest BCUT2D eigenvalue weighted by molar-refractivity contribution is -0.0597. The van der Waals surface area contributed by atoms with Crippen molar-refractivity contribution in [3.63, 3.8) is 0 Å². The van der Waals surface area contributed by atoms with E-state index in [9.17, 15) is 9.50 Å². The van der Waals surface area contributed by atoms with E-state index in [4.69, 9.17) is 4.74 Å². The van der Waals surface area contributed by atoms with E-state index in [0.29, 0.717) is 43.5 Å². The fourth-order valence-corrected chi connectivity index (χ4v) is 4.58. The summed E-state index contributed by atoms with van der Waals surface area (Å²) in [4.78, 5) is 11.3. The lowest BCUT2D eigenvalue weighted by Crippen LogP contribution is -2.49. The molecule has 2 aliphatic rings. The summed E-state index contributed by atoms with van der Waals surface area (Å²) in [5, 5.41) is 11.2. The molecule has 2 bridgehead atoms. The predicted octanol–water partition coefficient (Wildman–Crippen LogP) is 2.82. The number of halogens is 1. The van der Waals surface area contributed by atoms with Crippen LogP contribution in [0.15, 0.2) is 36.7 Å². The molecule has 144 valence electrons. The van der Waals surface area contributed by atoms with Gasteiger partial charge in [-0.1, -0.05) is 12.1 Å². The number of rotatable bonds is 6. The molecule has 0 amide bonds. The van der Waals surface area contributed by atoms with Crippen LogP contribution in [0.2, 0.25) is 0 Å². The van der Waals surface area contributed by atoms with Gasteiger partial charge < -0.3 is 9.84 Å². The molecule has 2 fully saturated rings. The van der Waals surface area contributed by atoms with E-state index in [1.165, 1.54) is 12.1 Å². The number of fused-ring (bicyclic) bond motifs is 2. The normalized spacial score (nSPS) is 27.8. The molecule has 1 aromatic heterocycles. The Hall–Kier alpha value is -1.89. The van der Waals surface area contributed by atoms with E-state index in [-0.39, 0.29) is 5.82 Å². The second-order valence-corrected chi connectivity index (χ2v) is 7.76. The lowest BCUT2D eigenvalue weighted by atomic mass is 9.80. The van der Waals surface area contributed by atoms with Crippen molar-refractivity contribution in [3.05, 3.63) is 59.4 Å². The molecule has 2 aromatic rings. The Labute approximate surface area is 159 Å². The fraction of sp³-hybridized carbons (Fsp3) is 0.524. The molecule has 5 nitrogen and oxygen atoms in total. The maximum absolute atomic E-state index is 13.6. The molecular formula is C21H26FN3O2. The number of hydrogen-bond acceptors (Lipinski definition) is 5. The van der Waals surface area contributed by atoms with Crippen LogP contribution in [0.4, 0.5) is 4.39 Å². The third kappa shape index (κ3) is 3.88. The third-order valence-electron chi connectivity index (χ3n) is 5.93. The quantitative estimate of drug-likeness (QED) is 0.846. The average molecular weight is 371 g/mol. The molecule has 2 aliphatic heterocycles. The molecule has 4 rings (SSSR count). The van der Waals surface area contributed by atoms with Gasteiger partial charge in [0.25, 0.3) is 0 Å². The summed E-state index contributed by atoms with van der Waals surface area (Å²) in [6.07, 6.45) is 7.91. The van der Waals surface area contributed by atoms with E-state index in [2.05, 4.69) is 14.9 Å². The van der Waals surface area contributed by atoms with Crippen LogP contribution in [0.3, 0.4) is 0 Å². The minimum atomic E-state index is -0.940. The first-order valence-electron chi connectivity index (χ1n) is 9.60. The number of piperidine rings is 1. The van der Waals surface area contributed by atoms with Crippen LogP contribution in [-0.2, 0) is 23.3 Å². The molecule has 2 saturated heterocycles. The van der Waals surface area contributed by atoms with E-state index in [0.717, 1.165) is 30.8 Å². The fourth-order valence-electron chi connectivity index (χ4n) is 4.58. The zero-order valence-electron chi connectivity index (χ0n) is 15.6. The molecule has 0 saturated carbocycles. The van der Waals surface area contributed by atoms with Gasteiger partial charge in [-0.05, 0) is 43.4 Å². The smallest absolute Gasteiger partial charge is 0.130 e. The van der Waals surface area contributed by atoms with Crippen LogP contribution in [0.5, 0.6) is 0 Å². The molecule has 1 unspecified atom stereocenters. The molecule has 0 spiro atoms. The number of nitrogens with zero attached hydrogens (tertiary/aromatic N) is 3. The van der Waals surface area contributed by atoms with Crippen LogP contribution in [-0.4, -0.2) is 45.8 Å². The highest BCUT2D eigenvalue weighted by Crippen LogP contribution is 2.46. The summed E-state index contributed by atoms with van der Waals surface area (Å²) in [6, 6.07) is 7.01. The number of hydrogen-bond donors (Lipinski definition) is 1. The minimum absolute atomic E-state index is 0.290. The number of aromatic nitrogens is 2. The molecule has 0 radical (unpaired) electrons. The highest BCUT2D eigenvalue weighted by Gasteiger charge is 2.48. The maximum atomic E-state index is 13.6. The molecule has 27 heavy (non-hydrogen) atoms. The molecule has 3 atom stereocenters. The van der Waals surface area contributed by atoms with Crippen molar-refractivity contribution in [1.29, 1.82) is 0 Å². The molecule has 3 heterocycles. The van der Waals surface area contributed by atoms with E-state index < -0.39 is 5.60 Å². The minimum Gasteiger partial charge on any atom is -0.385 e. The van der Waals surface area contributed by atoms with Gasteiger partial charge in [-0.2, -0.15) is 0 Å². The zero-order valence-corrected chi connectivity index (χ0v) is 15.6. The van der Waals surface area contributed by atoms with Gasteiger partial charge >= 0.3 is 0 Å². The van der Waals surface area contributed by atoms with Gasteiger partial charge in [-0.3, -0.25) is 4.90 Å². The Morgan fingerprint density at radius 1 is 1.22 bits per heavy atom. The van der Waals surface area contributed by atoms with Crippen molar-refractivity contribution in [2.24, 2.45) is 0 Å². The number of ether oxygens (including phenoxy) is 1. The first-order valence-corrected chi connectivity index (χ1v) is 9.60. The van der Waals surface area contributed by atoms with Crippen molar-refractivity contribution < 1.29 is 14.2 Å². The largest absolute Gasteiger partial charge is 0.385 e. The number of aliphatic hydroxyl groups is 1. The van der Waals surface area contributed by atoms with Crippen LogP contribution in [0.1, 0.15) is 42.6 Å². The highest BCUT2D eigenvalue weighted by atomic mass is 19.1. The van der Waals surface area contributed by atoms with Crippen LogP contribution in [0, 0.1) is 5.82 Å². The summed E-state index contributed by atoms with van der Waals surface area (Å²) >= 11 is 0. The van der Waals surface area contributed by atoms with E-state index in [1.807, 2.05) is 18.5 Å². The van der Waals surface area contributed by atoms with Crippen molar-refractivity contribution >= 4 is 0 Å². The van der Waals surface area contributed by atoms with Crippen molar-refractivity contribution in [2.75, 3.05) is 13.7 Å². The van der Waals surface area contributed by atoms with Crippen LogP contribution < -0.4 is 0 Å². The van der Waals surface area contributed by atoms with Crippen molar-refractivity contribution in [1.82, 2.24) is 14.9 Å². The van der Waals surface area contributed by atoms with Crippen LogP contribution in [0.25, 0.3) is 0 Å². The van der Waals surface area contributed by atoms with Crippen molar-refractivity contribution in [2.45, 2.75) is 56.3 Å². The van der Waals surface area contributed by atoms with Gasteiger partial charge in [0.1, 0.15) is 11.6 Å². The van der Waals surface area contributed by atoms with Gasteiger partial charge in [-0.15, -0.1) is 0 Å². The second-order valence-electron chi connectivity index (χ2n) is 7.76. The maximum Gasteiger partial charge on any atom is 0.130 e. The average Bonchev–Trinajstić information content (AvgIpc) is 2.91. The summed E-state index contributed by atoms with van der Waals surface area (Å²) in [6.45, 7) is 1.41. The molecule has 1 N–H and O–H groups in total. The van der Waals surface area contributed by atoms with Gasteiger partial charge in [0.2, 0.25) is 0 Å². The topological polar surface area (TPSA) is 58.5 Å². The zero-order chi connectivity index (χ0) is 18.9. The van der Waals surface area contributed by atoms with Gasteiger partial charge in [0, 0.05) is 50.1 Å². The van der Waals surface area contributed by atoms with Crippen LogP contribution >= 0.6 is 0 Å². The molecule has 1 aromatic carbocycles. The van der Waals surface area contributed by atoms with Gasteiger partial charge in [-0.25, -0.2) is 14.4 Å². The Bertz CT molecular complexity index is 769. The summed E-state index contributed by atoms with van der Waals surface area (Å²) in [5.74, 6) is 0.504. The van der Waals surface area contributed by atoms with Gasteiger partial charge in [0.15, 0.2) is 0 Å². The lowest BCUT2D eigenvalue weighted by Gasteiger charge is -2.44. The summed E-state index contributed by atoms with van der Waals surface area (Å²) in [7, 11) is 1.67. The Balaban J connectivity index is 1.45. The Morgan fingerprint density at radius 3 is 2.56 bits per heavy atom. The standard InChI is InChI=1S/C21H26FN3O2/c1-27-8-7-20-23-12-15(13-24-20)14-25-18-5-6-19(25)11-21(26,10-18)16-3-2-4-17(22)9-16/h2-4,9,12-13,18-19,26H,5-8,10-11,14H2,1H3/t18-,19+,21?. The Kier molecular flexibility index (Phi) is 5.21. The van der Waals surface area contributed by atoms with Gasteiger partial charge in [0.05, 0.1) is 12.2 Å². The summed E-state index contributed by atoms with van der Waals surface area (Å²) < 4.78 is 18.7. The highest BCUT2D eigenvalue weighted by molar-refractivity contribution is 5.26. The SMILES string of the molecule is COCCc1ncc(CN2[C@@H]3CC[C@H]2CC(O)(c2cccc(F)c2)C3)cn1. The first kappa shape index (κ1) is 18.5. The second kappa shape index (κ2) is 7.62. The first-order chi connectivity index (χ1) is 13.1.